The first-order valence-electron chi connectivity index (χ1n) is 5.34. The van der Waals surface area contributed by atoms with Gasteiger partial charge in [-0.15, -0.1) is 0 Å². The molecule has 2 rings (SSSR count). The minimum absolute atomic E-state index is 0.119. The molecule has 0 aliphatic heterocycles. The van der Waals surface area contributed by atoms with Crippen molar-refractivity contribution < 1.29 is 4.79 Å². The Balaban J connectivity index is 2.49. The molecule has 0 aromatic carbocycles. The molecule has 0 fully saturated rings. The molecule has 0 unspecified atom stereocenters. The second-order valence-electron chi connectivity index (χ2n) is 4.09. The lowest BCUT2D eigenvalue weighted by Gasteiger charge is -2.06. The average molecular weight is 217 g/mol. The van der Waals surface area contributed by atoms with Gasteiger partial charge in [0.25, 0.3) is 5.91 Å². The number of amides is 1. The Hall–Kier alpha value is -1.84. The molecule has 4 heteroatoms. The number of fused-ring (bicyclic) bond motifs is 1. The Bertz CT molecular complexity index is 528. The van der Waals surface area contributed by atoms with Crippen molar-refractivity contribution in [3.05, 3.63) is 35.9 Å². The highest BCUT2D eigenvalue weighted by molar-refractivity contribution is 5.99. The van der Waals surface area contributed by atoms with E-state index >= 15 is 0 Å². The summed E-state index contributed by atoms with van der Waals surface area (Å²) in [7, 11) is 0. The van der Waals surface area contributed by atoms with Gasteiger partial charge < -0.3 is 9.72 Å². The van der Waals surface area contributed by atoms with Crippen LogP contribution in [0.25, 0.3) is 5.52 Å². The zero-order valence-corrected chi connectivity index (χ0v) is 9.69. The van der Waals surface area contributed by atoms with Crippen molar-refractivity contribution >= 4 is 11.4 Å². The maximum atomic E-state index is 11.9. The molecule has 0 saturated heterocycles. The van der Waals surface area contributed by atoms with Gasteiger partial charge in [0.15, 0.2) is 5.69 Å². The molecule has 1 amide bonds. The molecule has 1 N–H and O–H groups in total. The van der Waals surface area contributed by atoms with Gasteiger partial charge in [-0.1, -0.05) is 6.07 Å². The van der Waals surface area contributed by atoms with Crippen LogP contribution in [0.4, 0.5) is 0 Å². The van der Waals surface area contributed by atoms with Crippen LogP contribution in [0.2, 0.25) is 0 Å². The second-order valence-corrected chi connectivity index (χ2v) is 4.09. The smallest absolute Gasteiger partial charge is 0.272 e. The van der Waals surface area contributed by atoms with Crippen molar-refractivity contribution in [2.45, 2.75) is 26.8 Å². The molecule has 0 aliphatic rings. The SMILES string of the molecule is Cc1nc(C(=O)NC(C)C)c2ccccn12. The summed E-state index contributed by atoms with van der Waals surface area (Å²) >= 11 is 0. The first kappa shape index (κ1) is 10.7. The van der Waals surface area contributed by atoms with Gasteiger partial charge in [0.05, 0.1) is 5.52 Å². The van der Waals surface area contributed by atoms with E-state index in [1.807, 2.05) is 49.6 Å². The molecule has 0 bridgehead atoms. The highest BCUT2D eigenvalue weighted by atomic mass is 16.1. The summed E-state index contributed by atoms with van der Waals surface area (Å²) in [5.41, 5.74) is 1.34. The predicted molar refractivity (Wildman–Crippen MR) is 62.5 cm³/mol. The minimum Gasteiger partial charge on any atom is -0.348 e. The van der Waals surface area contributed by atoms with E-state index < -0.39 is 0 Å². The quantitative estimate of drug-likeness (QED) is 0.833. The number of nitrogens with one attached hydrogen (secondary N) is 1. The van der Waals surface area contributed by atoms with Gasteiger partial charge in [0.1, 0.15) is 5.82 Å². The number of hydrogen-bond donors (Lipinski definition) is 1. The van der Waals surface area contributed by atoms with Crippen LogP contribution in [0.3, 0.4) is 0 Å². The second kappa shape index (κ2) is 3.96. The van der Waals surface area contributed by atoms with Gasteiger partial charge in [-0.3, -0.25) is 4.79 Å². The van der Waals surface area contributed by atoms with Crippen LogP contribution >= 0.6 is 0 Å². The van der Waals surface area contributed by atoms with Gasteiger partial charge >= 0.3 is 0 Å². The van der Waals surface area contributed by atoms with E-state index in [0.29, 0.717) is 5.69 Å². The van der Waals surface area contributed by atoms with E-state index in [4.69, 9.17) is 0 Å². The summed E-state index contributed by atoms with van der Waals surface area (Å²) in [6.45, 7) is 5.76. The van der Waals surface area contributed by atoms with Gasteiger partial charge in [0, 0.05) is 12.2 Å². The summed E-state index contributed by atoms with van der Waals surface area (Å²) < 4.78 is 1.91. The van der Waals surface area contributed by atoms with Crippen LogP contribution in [0, 0.1) is 6.92 Å². The molecule has 16 heavy (non-hydrogen) atoms. The molecule has 0 atom stereocenters. The molecule has 0 spiro atoms. The third kappa shape index (κ3) is 1.78. The third-order valence-corrected chi connectivity index (χ3v) is 2.36. The standard InChI is InChI=1S/C12H15N3O/c1-8(2)13-12(16)11-10-6-4-5-7-15(10)9(3)14-11/h4-8H,1-3H3,(H,13,16). The van der Waals surface area contributed by atoms with Crippen LogP contribution in [0.5, 0.6) is 0 Å². The normalized spacial score (nSPS) is 11.0. The number of nitrogens with zero attached hydrogens (tertiary/aromatic N) is 2. The molecule has 2 aromatic heterocycles. The van der Waals surface area contributed by atoms with Gasteiger partial charge in [-0.2, -0.15) is 0 Å². The van der Waals surface area contributed by atoms with Crippen molar-refractivity contribution in [3.63, 3.8) is 0 Å². The highest BCUT2D eigenvalue weighted by Gasteiger charge is 2.15. The summed E-state index contributed by atoms with van der Waals surface area (Å²) in [4.78, 5) is 16.2. The lowest BCUT2D eigenvalue weighted by molar-refractivity contribution is 0.0940. The van der Waals surface area contributed by atoms with E-state index in [2.05, 4.69) is 10.3 Å². The fourth-order valence-electron chi connectivity index (χ4n) is 1.69. The molecule has 4 nitrogen and oxygen atoms in total. The maximum absolute atomic E-state index is 11.9. The Morgan fingerprint density at radius 1 is 1.44 bits per heavy atom. The first-order chi connectivity index (χ1) is 7.59. The maximum Gasteiger partial charge on any atom is 0.272 e. The largest absolute Gasteiger partial charge is 0.348 e. The number of aromatic nitrogens is 2. The van der Waals surface area contributed by atoms with Crippen LogP contribution in [-0.4, -0.2) is 21.3 Å². The first-order valence-corrected chi connectivity index (χ1v) is 5.34. The molecule has 0 radical (unpaired) electrons. The monoisotopic (exact) mass is 217 g/mol. The van der Waals surface area contributed by atoms with Crippen LogP contribution in [-0.2, 0) is 0 Å². The fraction of sp³-hybridized carbons (Fsp3) is 0.333. The van der Waals surface area contributed by atoms with E-state index in [9.17, 15) is 4.79 Å². The zero-order chi connectivity index (χ0) is 11.7. The molecule has 2 heterocycles. The topological polar surface area (TPSA) is 46.4 Å². The summed E-state index contributed by atoms with van der Waals surface area (Å²) in [6, 6.07) is 5.84. The summed E-state index contributed by atoms with van der Waals surface area (Å²) in [5, 5.41) is 2.85. The van der Waals surface area contributed by atoms with Crippen LogP contribution < -0.4 is 5.32 Å². The van der Waals surface area contributed by atoms with Crippen molar-refractivity contribution in [2.75, 3.05) is 0 Å². The molecule has 0 aliphatic carbocycles. The molecular weight excluding hydrogens is 202 g/mol. The van der Waals surface area contributed by atoms with Gasteiger partial charge in [0.2, 0.25) is 0 Å². The van der Waals surface area contributed by atoms with E-state index in [0.717, 1.165) is 11.3 Å². The Labute approximate surface area is 94.3 Å². The predicted octanol–water partition coefficient (Wildman–Crippen LogP) is 1.78. The lowest BCUT2D eigenvalue weighted by atomic mass is 10.3. The zero-order valence-electron chi connectivity index (χ0n) is 9.69. The highest BCUT2D eigenvalue weighted by Crippen LogP contribution is 2.12. The van der Waals surface area contributed by atoms with Crippen molar-refractivity contribution in [1.82, 2.24) is 14.7 Å². The van der Waals surface area contributed by atoms with Gasteiger partial charge in [-0.25, -0.2) is 4.98 Å². The Kier molecular flexibility index (Phi) is 2.64. The number of aryl methyl sites for hydroxylation is 1. The number of hydrogen-bond acceptors (Lipinski definition) is 2. The number of pyridine rings is 1. The average Bonchev–Trinajstić information content (AvgIpc) is 2.56. The summed E-state index contributed by atoms with van der Waals surface area (Å²) in [5.74, 6) is 0.705. The molecule has 84 valence electrons. The number of rotatable bonds is 2. The molecule has 2 aromatic rings. The summed E-state index contributed by atoms with van der Waals surface area (Å²) in [6.07, 6.45) is 1.91. The number of carbonyl (C=O) groups excluding carboxylic acids is 1. The minimum atomic E-state index is -0.119. The number of imidazole rings is 1. The molecule has 0 saturated carbocycles. The van der Waals surface area contributed by atoms with Crippen molar-refractivity contribution in [2.24, 2.45) is 0 Å². The third-order valence-electron chi connectivity index (χ3n) is 2.36. The van der Waals surface area contributed by atoms with Crippen LogP contribution in [0.15, 0.2) is 24.4 Å². The van der Waals surface area contributed by atoms with E-state index in [1.165, 1.54) is 0 Å². The Morgan fingerprint density at radius 3 is 2.88 bits per heavy atom. The fourth-order valence-corrected chi connectivity index (χ4v) is 1.69. The van der Waals surface area contributed by atoms with E-state index in [1.54, 1.807) is 0 Å². The molecular formula is C12H15N3O. The van der Waals surface area contributed by atoms with E-state index in [-0.39, 0.29) is 11.9 Å². The van der Waals surface area contributed by atoms with Crippen LogP contribution in [0.1, 0.15) is 30.2 Å². The Morgan fingerprint density at radius 2 is 2.19 bits per heavy atom. The van der Waals surface area contributed by atoms with Crippen molar-refractivity contribution in [3.8, 4) is 0 Å². The van der Waals surface area contributed by atoms with Gasteiger partial charge in [-0.05, 0) is 32.9 Å². The van der Waals surface area contributed by atoms with Crippen molar-refractivity contribution in [1.29, 1.82) is 0 Å². The lowest BCUT2D eigenvalue weighted by Crippen LogP contribution is -2.30. The number of carbonyl (C=O) groups is 1.